The summed E-state index contributed by atoms with van der Waals surface area (Å²) < 4.78 is 2.33. The molecule has 1 aromatic heterocycles. The van der Waals surface area contributed by atoms with Crippen LogP contribution in [-0.4, -0.2) is 20.5 Å². The van der Waals surface area contributed by atoms with Gasteiger partial charge in [0.1, 0.15) is 0 Å². The van der Waals surface area contributed by atoms with Crippen LogP contribution in [0.1, 0.15) is 66.6 Å². The van der Waals surface area contributed by atoms with Crippen molar-refractivity contribution < 1.29 is 4.79 Å². The summed E-state index contributed by atoms with van der Waals surface area (Å²) in [6.45, 7) is 4.82. The molecule has 222 valence electrons. The summed E-state index contributed by atoms with van der Waals surface area (Å²) in [6, 6.07) is 31.7. The number of amidine groups is 1. The van der Waals surface area contributed by atoms with Crippen LogP contribution in [0, 0.1) is 31.6 Å². The van der Waals surface area contributed by atoms with E-state index < -0.39 is 0 Å². The number of benzene rings is 3. The number of rotatable bonds is 6. The standard InChI is InChI=1S/C39H39N3OS/c1-26-17-32(21-36-37(43)41(25-28-9-5-3-6-10-28)38(44-36)40-34-11-7-4-8-12-34)27(2)42(26)35-15-13-33(14-16-35)39-22-29-18-30(23-39)20-31(19-29)24-39/h3-17,21,29-31H,18-20,22-25H2,1-2H3/b36-21-,40-38?. The van der Waals surface area contributed by atoms with Crippen LogP contribution in [0.15, 0.2) is 101 Å². The summed E-state index contributed by atoms with van der Waals surface area (Å²) in [5.41, 5.74) is 8.48. The maximum atomic E-state index is 13.8. The van der Waals surface area contributed by atoms with E-state index in [0.717, 1.165) is 40.3 Å². The van der Waals surface area contributed by atoms with E-state index >= 15 is 0 Å². The number of carbonyl (C=O) groups excluding carboxylic acids is 1. The second-order valence-electron chi connectivity index (χ2n) is 13.6. The van der Waals surface area contributed by atoms with E-state index in [4.69, 9.17) is 4.99 Å². The van der Waals surface area contributed by atoms with Crippen molar-refractivity contribution >= 4 is 34.6 Å². The Bertz CT molecular complexity index is 1730. The molecule has 4 aromatic rings. The molecule has 44 heavy (non-hydrogen) atoms. The lowest BCUT2D eigenvalue weighted by Crippen LogP contribution is -2.48. The van der Waals surface area contributed by atoms with E-state index in [1.807, 2.05) is 48.5 Å². The monoisotopic (exact) mass is 597 g/mol. The van der Waals surface area contributed by atoms with E-state index in [0.29, 0.717) is 22.0 Å². The van der Waals surface area contributed by atoms with E-state index in [-0.39, 0.29) is 5.91 Å². The maximum absolute atomic E-state index is 13.8. The Hall–Kier alpha value is -3.83. The third kappa shape index (κ3) is 4.95. The number of hydrogen-bond acceptors (Lipinski definition) is 3. The summed E-state index contributed by atoms with van der Waals surface area (Å²) in [7, 11) is 0. The van der Waals surface area contributed by atoms with Gasteiger partial charge < -0.3 is 4.57 Å². The molecule has 0 N–H and O–H groups in total. The highest BCUT2D eigenvalue weighted by Crippen LogP contribution is 2.60. The van der Waals surface area contributed by atoms with Crippen molar-refractivity contribution in [2.75, 3.05) is 0 Å². The van der Waals surface area contributed by atoms with Crippen molar-refractivity contribution in [1.82, 2.24) is 9.47 Å². The van der Waals surface area contributed by atoms with Gasteiger partial charge in [-0.15, -0.1) is 0 Å². The number of aromatic nitrogens is 1. The molecule has 1 amide bonds. The highest BCUT2D eigenvalue weighted by Gasteiger charge is 2.51. The first kappa shape index (κ1) is 27.7. The Balaban J connectivity index is 1.09. The van der Waals surface area contributed by atoms with Crippen LogP contribution < -0.4 is 0 Å². The number of hydrogen-bond donors (Lipinski definition) is 0. The van der Waals surface area contributed by atoms with Gasteiger partial charge in [0.15, 0.2) is 5.17 Å². The van der Waals surface area contributed by atoms with Crippen molar-refractivity contribution in [1.29, 1.82) is 0 Å². The highest BCUT2D eigenvalue weighted by atomic mass is 32.2. The maximum Gasteiger partial charge on any atom is 0.267 e. The van der Waals surface area contributed by atoms with Crippen molar-refractivity contribution in [3.63, 3.8) is 0 Å². The molecule has 0 atom stereocenters. The molecule has 5 aliphatic rings. The van der Waals surface area contributed by atoms with E-state index in [2.05, 4.69) is 67.0 Å². The molecule has 4 saturated carbocycles. The highest BCUT2D eigenvalue weighted by molar-refractivity contribution is 8.18. The van der Waals surface area contributed by atoms with Gasteiger partial charge in [0.2, 0.25) is 0 Å². The average molecular weight is 598 g/mol. The first-order valence-electron chi connectivity index (χ1n) is 16.1. The molecule has 2 heterocycles. The van der Waals surface area contributed by atoms with Crippen molar-refractivity contribution in [3.8, 4) is 5.69 Å². The van der Waals surface area contributed by atoms with E-state index in [9.17, 15) is 4.79 Å². The molecule has 1 saturated heterocycles. The summed E-state index contributed by atoms with van der Waals surface area (Å²) in [4.78, 5) is 21.2. The van der Waals surface area contributed by atoms with Gasteiger partial charge in [0.25, 0.3) is 5.91 Å². The van der Waals surface area contributed by atoms with Gasteiger partial charge in [0, 0.05) is 17.1 Å². The molecule has 9 rings (SSSR count). The van der Waals surface area contributed by atoms with Gasteiger partial charge in [0.05, 0.1) is 17.1 Å². The number of thioether (sulfide) groups is 1. The van der Waals surface area contributed by atoms with Crippen LogP contribution in [0.3, 0.4) is 0 Å². The van der Waals surface area contributed by atoms with Crippen LogP contribution in [-0.2, 0) is 16.8 Å². The third-order valence-corrected chi connectivity index (χ3v) is 11.6. The van der Waals surface area contributed by atoms with Gasteiger partial charge in [-0.3, -0.25) is 9.69 Å². The van der Waals surface area contributed by atoms with Crippen molar-refractivity contribution in [2.24, 2.45) is 22.7 Å². The Morgan fingerprint density at radius 3 is 2.09 bits per heavy atom. The molecule has 0 spiro atoms. The summed E-state index contributed by atoms with van der Waals surface area (Å²) in [5.74, 6) is 2.84. The summed E-state index contributed by atoms with van der Waals surface area (Å²) in [6.07, 6.45) is 10.6. The molecule has 1 aliphatic heterocycles. The molecule has 0 unspecified atom stereocenters. The number of nitrogens with zero attached hydrogens (tertiary/aromatic N) is 3. The predicted molar refractivity (Wildman–Crippen MR) is 181 cm³/mol. The molecule has 4 nitrogen and oxygen atoms in total. The number of aliphatic imine (C=N–C) groups is 1. The zero-order valence-corrected chi connectivity index (χ0v) is 26.4. The molecule has 4 aliphatic carbocycles. The molecule has 0 radical (unpaired) electrons. The average Bonchev–Trinajstić information content (AvgIpc) is 3.46. The lowest BCUT2D eigenvalue weighted by atomic mass is 9.48. The summed E-state index contributed by atoms with van der Waals surface area (Å²) in [5, 5.41) is 0.713. The van der Waals surface area contributed by atoms with Crippen LogP contribution in [0.2, 0.25) is 0 Å². The first-order valence-corrected chi connectivity index (χ1v) is 16.9. The quantitative estimate of drug-likeness (QED) is 0.208. The second-order valence-corrected chi connectivity index (χ2v) is 14.6. The van der Waals surface area contributed by atoms with Gasteiger partial charge in [-0.1, -0.05) is 60.7 Å². The zero-order valence-electron chi connectivity index (χ0n) is 25.6. The molecule has 5 fully saturated rings. The molecule has 4 bridgehead atoms. The predicted octanol–water partition coefficient (Wildman–Crippen LogP) is 9.37. The molecular formula is C39H39N3OS. The fourth-order valence-corrected chi connectivity index (χ4v) is 10.00. The topological polar surface area (TPSA) is 37.6 Å². The third-order valence-electron chi connectivity index (χ3n) is 10.6. The smallest absolute Gasteiger partial charge is 0.267 e. The van der Waals surface area contributed by atoms with E-state index in [1.54, 1.807) is 10.5 Å². The summed E-state index contributed by atoms with van der Waals surface area (Å²) >= 11 is 1.46. The number of carbonyl (C=O) groups is 1. The second kappa shape index (κ2) is 11.0. The van der Waals surface area contributed by atoms with Gasteiger partial charge in [-0.2, -0.15) is 0 Å². The SMILES string of the molecule is Cc1cc(/C=C2\SC(=Nc3ccccc3)N(Cc3ccccc3)C2=O)c(C)n1-c1ccc(C23CC4CC(CC(C4)C2)C3)cc1. The molecule has 3 aromatic carbocycles. The van der Waals surface area contributed by atoms with Crippen LogP contribution in [0.5, 0.6) is 0 Å². The Morgan fingerprint density at radius 1 is 0.841 bits per heavy atom. The Morgan fingerprint density at radius 2 is 1.45 bits per heavy atom. The fraction of sp³-hybridized carbons (Fsp3) is 0.333. The minimum absolute atomic E-state index is 0.00161. The fourth-order valence-electron chi connectivity index (χ4n) is 9.01. The van der Waals surface area contributed by atoms with Crippen LogP contribution >= 0.6 is 11.8 Å². The largest absolute Gasteiger partial charge is 0.318 e. The lowest BCUT2D eigenvalue weighted by molar-refractivity contribution is -0.122. The van der Waals surface area contributed by atoms with Crippen molar-refractivity contribution in [3.05, 3.63) is 124 Å². The van der Waals surface area contributed by atoms with E-state index in [1.165, 1.54) is 61.7 Å². The van der Waals surface area contributed by atoms with Crippen molar-refractivity contribution in [2.45, 2.75) is 64.3 Å². The van der Waals surface area contributed by atoms with Gasteiger partial charge in [-0.25, -0.2) is 4.99 Å². The number of aryl methyl sites for hydroxylation is 1. The molecule has 5 heteroatoms. The number of para-hydroxylation sites is 1. The Labute approximate surface area is 264 Å². The van der Waals surface area contributed by atoms with Crippen LogP contribution in [0.4, 0.5) is 5.69 Å². The van der Waals surface area contributed by atoms with Crippen LogP contribution in [0.25, 0.3) is 11.8 Å². The molecular weight excluding hydrogens is 559 g/mol. The van der Waals surface area contributed by atoms with Gasteiger partial charge >= 0.3 is 0 Å². The first-order chi connectivity index (χ1) is 21.4. The normalized spacial score (nSPS) is 27.6. The van der Waals surface area contributed by atoms with Gasteiger partial charge in [-0.05, 0) is 140 Å². The lowest BCUT2D eigenvalue weighted by Gasteiger charge is -2.57. The number of amides is 1. The Kier molecular flexibility index (Phi) is 6.90. The zero-order chi connectivity index (χ0) is 29.8. The minimum Gasteiger partial charge on any atom is -0.318 e. The minimum atomic E-state index is -0.00161.